The van der Waals surface area contributed by atoms with E-state index in [0.29, 0.717) is 6.42 Å². The topological polar surface area (TPSA) is 70.7 Å². The van der Waals surface area contributed by atoms with E-state index in [0.717, 1.165) is 44.6 Å². The summed E-state index contributed by atoms with van der Waals surface area (Å²) in [7, 11) is 1.70. The van der Waals surface area contributed by atoms with Crippen LogP contribution in [0.2, 0.25) is 0 Å². The van der Waals surface area contributed by atoms with E-state index in [1.807, 2.05) is 36.4 Å². The van der Waals surface area contributed by atoms with Gasteiger partial charge in [0.25, 0.3) is 5.91 Å². The predicted octanol–water partition coefficient (Wildman–Crippen LogP) is 3.12. The lowest BCUT2D eigenvalue weighted by Gasteiger charge is -2.41. The summed E-state index contributed by atoms with van der Waals surface area (Å²) < 4.78 is 5.48. The van der Waals surface area contributed by atoms with Gasteiger partial charge in [-0.05, 0) is 56.3 Å². The predicted molar refractivity (Wildman–Crippen MR) is 115 cm³/mol. The SMILES string of the molecule is COc1ccccc1CN1CCC(C2(CCc3ccccc3)NC(=O)NC2=O)CC1. The van der Waals surface area contributed by atoms with E-state index in [-0.39, 0.29) is 17.9 Å². The Morgan fingerprint density at radius 3 is 2.40 bits per heavy atom. The number of carbonyl (C=O) groups is 2. The zero-order chi connectivity index (χ0) is 21.0. The van der Waals surface area contributed by atoms with Crippen LogP contribution in [0.4, 0.5) is 4.79 Å². The number of rotatable bonds is 7. The van der Waals surface area contributed by atoms with E-state index in [2.05, 4.69) is 33.7 Å². The highest BCUT2D eigenvalue weighted by atomic mass is 16.5. The fourth-order valence-electron chi connectivity index (χ4n) is 4.82. The van der Waals surface area contributed by atoms with Crippen LogP contribution in [0.25, 0.3) is 0 Å². The number of piperidine rings is 1. The minimum atomic E-state index is -0.816. The van der Waals surface area contributed by atoms with Crippen molar-refractivity contribution in [3.8, 4) is 5.75 Å². The number of ether oxygens (including phenoxy) is 1. The number of carbonyl (C=O) groups excluding carboxylic acids is 2. The number of urea groups is 1. The molecule has 158 valence electrons. The maximum absolute atomic E-state index is 12.9. The molecule has 4 rings (SSSR count). The smallest absolute Gasteiger partial charge is 0.322 e. The van der Waals surface area contributed by atoms with Crippen molar-refractivity contribution in [2.75, 3.05) is 20.2 Å². The molecule has 2 heterocycles. The molecule has 30 heavy (non-hydrogen) atoms. The number of aryl methyl sites for hydroxylation is 1. The molecule has 1 atom stereocenters. The van der Waals surface area contributed by atoms with E-state index >= 15 is 0 Å². The molecule has 6 heteroatoms. The second-order valence-electron chi connectivity index (χ2n) is 8.23. The Hall–Kier alpha value is -2.86. The van der Waals surface area contributed by atoms with Crippen LogP contribution < -0.4 is 15.4 Å². The molecule has 2 aromatic carbocycles. The Labute approximate surface area is 177 Å². The average molecular weight is 408 g/mol. The van der Waals surface area contributed by atoms with Crippen LogP contribution in [0.1, 0.15) is 30.4 Å². The van der Waals surface area contributed by atoms with Gasteiger partial charge in [0.2, 0.25) is 0 Å². The largest absolute Gasteiger partial charge is 0.496 e. The summed E-state index contributed by atoms with van der Waals surface area (Å²) in [6.45, 7) is 2.60. The summed E-state index contributed by atoms with van der Waals surface area (Å²) in [6.07, 6.45) is 3.12. The second-order valence-corrected chi connectivity index (χ2v) is 8.23. The molecule has 2 N–H and O–H groups in total. The van der Waals surface area contributed by atoms with Crippen molar-refractivity contribution in [3.63, 3.8) is 0 Å². The molecule has 2 saturated heterocycles. The van der Waals surface area contributed by atoms with E-state index in [1.54, 1.807) is 7.11 Å². The molecule has 0 saturated carbocycles. The van der Waals surface area contributed by atoms with Crippen LogP contribution in [0.3, 0.4) is 0 Å². The van der Waals surface area contributed by atoms with Gasteiger partial charge < -0.3 is 10.1 Å². The molecule has 0 spiro atoms. The Balaban J connectivity index is 1.43. The fourth-order valence-corrected chi connectivity index (χ4v) is 4.82. The first kappa shape index (κ1) is 20.4. The Bertz CT molecular complexity index is 894. The number of benzene rings is 2. The highest BCUT2D eigenvalue weighted by molar-refractivity contribution is 6.07. The number of methoxy groups -OCH3 is 1. The number of nitrogens with one attached hydrogen (secondary N) is 2. The van der Waals surface area contributed by atoms with Gasteiger partial charge in [0.05, 0.1) is 7.11 Å². The molecule has 0 aromatic heterocycles. The van der Waals surface area contributed by atoms with Crippen LogP contribution >= 0.6 is 0 Å². The zero-order valence-corrected chi connectivity index (χ0v) is 17.4. The van der Waals surface area contributed by atoms with Gasteiger partial charge in [-0.15, -0.1) is 0 Å². The van der Waals surface area contributed by atoms with Gasteiger partial charge in [0.15, 0.2) is 0 Å². The standard InChI is InChI=1S/C24H29N3O3/c1-30-21-10-6-5-9-19(21)17-27-15-12-20(13-16-27)24(22(28)25-23(29)26-24)14-11-18-7-3-2-4-8-18/h2-10,20H,11-17H2,1H3,(H2,25,26,28,29). The third-order valence-electron chi connectivity index (χ3n) is 6.49. The monoisotopic (exact) mass is 407 g/mol. The maximum Gasteiger partial charge on any atom is 0.322 e. The summed E-state index contributed by atoms with van der Waals surface area (Å²) in [5, 5.41) is 5.49. The zero-order valence-electron chi connectivity index (χ0n) is 17.4. The molecular formula is C24H29N3O3. The third kappa shape index (κ3) is 4.19. The second kappa shape index (κ2) is 8.88. The first-order valence-corrected chi connectivity index (χ1v) is 10.6. The molecule has 0 bridgehead atoms. The quantitative estimate of drug-likeness (QED) is 0.692. The normalized spacial score (nSPS) is 22.6. The molecule has 3 amide bonds. The van der Waals surface area contributed by atoms with Crippen molar-refractivity contribution in [1.82, 2.24) is 15.5 Å². The molecule has 2 aliphatic rings. The third-order valence-corrected chi connectivity index (χ3v) is 6.49. The summed E-state index contributed by atoms with van der Waals surface area (Å²) in [6, 6.07) is 17.8. The number of imide groups is 1. The lowest BCUT2D eigenvalue weighted by Crippen LogP contribution is -2.56. The molecule has 2 fully saturated rings. The van der Waals surface area contributed by atoms with Gasteiger partial charge in [0.1, 0.15) is 11.3 Å². The molecule has 1 unspecified atom stereocenters. The van der Waals surface area contributed by atoms with Crippen molar-refractivity contribution in [1.29, 1.82) is 0 Å². The molecule has 2 aromatic rings. The van der Waals surface area contributed by atoms with E-state index < -0.39 is 5.54 Å². The van der Waals surface area contributed by atoms with E-state index in [1.165, 1.54) is 11.1 Å². The van der Waals surface area contributed by atoms with Crippen molar-refractivity contribution in [2.45, 2.75) is 37.8 Å². The van der Waals surface area contributed by atoms with Gasteiger partial charge >= 0.3 is 6.03 Å². The molecule has 0 radical (unpaired) electrons. The van der Waals surface area contributed by atoms with Crippen LogP contribution in [0.5, 0.6) is 5.75 Å². The summed E-state index contributed by atoms with van der Waals surface area (Å²) in [5.41, 5.74) is 1.53. The van der Waals surface area contributed by atoms with Crippen LogP contribution in [0.15, 0.2) is 54.6 Å². The Morgan fingerprint density at radius 2 is 1.73 bits per heavy atom. The summed E-state index contributed by atoms with van der Waals surface area (Å²) in [4.78, 5) is 27.3. The van der Waals surface area contributed by atoms with Crippen LogP contribution in [-0.2, 0) is 17.8 Å². The van der Waals surface area contributed by atoms with Gasteiger partial charge in [-0.25, -0.2) is 4.79 Å². The summed E-state index contributed by atoms with van der Waals surface area (Å²) >= 11 is 0. The van der Waals surface area contributed by atoms with Crippen molar-refractivity contribution in [2.24, 2.45) is 5.92 Å². The minimum Gasteiger partial charge on any atom is -0.496 e. The van der Waals surface area contributed by atoms with E-state index in [9.17, 15) is 9.59 Å². The highest BCUT2D eigenvalue weighted by Gasteiger charge is 2.51. The number of hydrogen-bond donors (Lipinski definition) is 2. The van der Waals surface area contributed by atoms with Gasteiger partial charge in [0, 0.05) is 12.1 Å². The first-order chi connectivity index (χ1) is 14.6. The van der Waals surface area contributed by atoms with Crippen LogP contribution in [0, 0.1) is 5.92 Å². The first-order valence-electron chi connectivity index (χ1n) is 10.6. The molecular weight excluding hydrogens is 378 g/mol. The van der Waals surface area contributed by atoms with E-state index in [4.69, 9.17) is 4.74 Å². The lowest BCUT2D eigenvalue weighted by atomic mass is 9.74. The number of para-hydroxylation sites is 1. The number of likely N-dealkylation sites (tertiary alicyclic amines) is 1. The van der Waals surface area contributed by atoms with Crippen LogP contribution in [-0.4, -0.2) is 42.6 Å². The minimum absolute atomic E-state index is 0.126. The Morgan fingerprint density at radius 1 is 1.03 bits per heavy atom. The number of hydrogen-bond acceptors (Lipinski definition) is 4. The van der Waals surface area contributed by atoms with Gasteiger partial charge in [-0.2, -0.15) is 0 Å². The fraction of sp³-hybridized carbons (Fsp3) is 0.417. The Kier molecular flexibility index (Phi) is 6.04. The van der Waals surface area contributed by atoms with Gasteiger partial charge in [-0.3, -0.25) is 15.0 Å². The average Bonchev–Trinajstić information content (AvgIpc) is 3.08. The lowest BCUT2D eigenvalue weighted by molar-refractivity contribution is -0.127. The molecule has 6 nitrogen and oxygen atoms in total. The van der Waals surface area contributed by atoms with Crippen molar-refractivity contribution >= 4 is 11.9 Å². The van der Waals surface area contributed by atoms with Crippen molar-refractivity contribution < 1.29 is 14.3 Å². The summed E-state index contributed by atoms with van der Waals surface area (Å²) in [5.74, 6) is 0.856. The molecule has 2 aliphatic heterocycles. The number of nitrogens with zero attached hydrogens (tertiary/aromatic N) is 1. The van der Waals surface area contributed by atoms with Gasteiger partial charge in [-0.1, -0.05) is 48.5 Å². The number of amides is 3. The maximum atomic E-state index is 12.9. The highest BCUT2D eigenvalue weighted by Crippen LogP contribution is 2.35. The molecule has 0 aliphatic carbocycles. The van der Waals surface area contributed by atoms with Crippen molar-refractivity contribution in [3.05, 3.63) is 65.7 Å².